The Morgan fingerprint density at radius 2 is 2.08 bits per heavy atom. The van der Waals surface area contributed by atoms with Crippen LogP contribution in [0.25, 0.3) is 11.4 Å². The summed E-state index contributed by atoms with van der Waals surface area (Å²) in [6.07, 6.45) is 1.51. The van der Waals surface area contributed by atoms with Crippen molar-refractivity contribution in [2.75, 3.05) is 6.61 Å². The fourth-order valence-corrected chi connectivity index (χ4v) is 2.40. The lowest BCUT2D eigenvalue weighted by Gasteiger charge is -2.05. The van der Waals surface area contributed by atoms with E-state index in [9.17, 15) is 10.2 Å². The zero-order chi connectivity index (χ0) is 17.8. The Morgan fingerprint density at radius 3 is 2.84 bits per heavy atom. The van der Waals surface area contributed by atoms with Gasteiger partial charge in [-0.1, -0.05) is 12.1 Å². The molecule has 0 saturated carbocycles. The number of aromatic nitrogens is 3. The van der Waals surface area contributed by atoms with Gasteiger partial charge in [-0.05, 0) is 55.0 Å². The van der Waals surface area contributed by atoms with Crippen LogP contribution in [0.2, 0.25) is 0 Å². The minimum Gasteiger partial charge on any atom is -0.504 e. The normalized spacial score (nSPS) is 11.1. The van der Waals surface area contributed by atoms with Crippen LogP contribution >= 0.6 is 12.2 Å². The summed E-state index contributed by atoms with van der Waals surface area (Å²) in [7, 11) is 0. The van der Waals surface area contributed by atoms with E-state index in [2.05, 4.69) is 15.3 Å². The number of rotatable bonds is 5. The van der Waals surface area contributed by atoms with Crippen molar-refractivity contribution in [1.29, 1.82) is 0 Å². The van der Waals surface area contributed by atoms with Gasteiger partial charge in [-0.2, -0.15) is 14.9 Å². The highest BCUT2D eigenvalue weighted by atomic mass is 32.1. The molecule has 0 aliphatic heterocycles. The average Bonchev–Trinajstić information content (AvgIpc) is 2.97. The third-order valence-corrected chi connectivity index (χ3v) is 3.64. The lowest BCUT2D eigenvalue weighted by molar-refractivity contribution is 0.340. The number of hydrogen-bond acceptors (Lipinski definition) is 6. The first-order valence-corrected chi connectivity index (χ1v) is 7.96. The van der Waals surface area contributed by atoms with Gasteiger partial charge >= 0.3 is 0 Å². The van der Waals surface area contributed by atoms with E-state index in [0.29, 0.717) is 22.8 Å². The number of phenolic OH excluding ortho intramolecular Hbond substituents is 2. The molecule has 0 bridgehead atoms. The molecule has 7 nitrogen and oxygen atoms in total. The van der Waals surface area contributed by atoms with Crippen molar-refractivity contribution in [3.05, 3.63) is 52.8 Å². The summed E-state index contributed by atoms with van der Waals surface area (Å²) < 4.78 is 7.31. The van der Waals surface area contributed by atoms with Gasteiger partial charge in [-0.15, -0.1) is 0 Å². The number of ether oxygens (including phenoxy) is 1. The maximum absolute atomic E-state index is 9.55. The molecule has 0 unspecified atom stereocenters. The molecular weight excluding hydrogens is 340 g/mol. The number of hydrogen-bond donors (Lipinski definition) is 3. The van der Waals surface area contributed by atoms with Crippen molar-refractivity contribution < 1.29 is 14.9 Å². The smallest absolute Gasteiger partial charge is 0.216 e. The van der Waals surface area contributed by atoms with Crippen molar-refractivity contribution in [2.24, 2.45) is 5.10 Å². The van der Waals surface area contributed by atoms with E-state index in [-0.39, 0.29) is 11.5 Å². The van der Waals surface area contributed by atoms with E-state index in [1.165, 1.54) is 23.0 Å². The first-order valence-electron chi connectivity index (χ1n) is 7.55. The molecule has 0 atom stereocenters. The predicted octanol–water partition coefficient (Wildman–Crippen LogP) is 3.30. The number of H-pyrrole nitrogens is 1. The number of benzene rings is 2. The molecule has 2 aromatic carbocycles. The van der Waals surface area contributed by atoms with Crippen molar-refractivity contribution in [1.82, 2.24) is 14.9 Å². The Kier molecular flexibility index (Phi) is 4.80. The van der Waals surface area contributed by atoms with Crippen LogP contribution in [0.5, 0.6) is 17.2 Å². The van der Waals surface area contributed by atoms with Gasteiger partial charge < -0.3 is 14.9 Å². The van der Waals surface area contributed by atoms with Gasteiger partial charge in [-0.3, -0.25) is 0 Å². The monoisotopic (exact) mass is 356 g/mol. The summed E-state index contributed by atoms with van der Waals surface area (Å²) in [5.41, 5.74) is 1.40. The van der Waals surface area contributed by atoms with E-state index >= 15 is 0 Å². The van der Waals surface area contributed by atoms with Crippen molar-refractivity contribution in [3.63, 3.8) is 0 Å². The van der Waals surface area contributed by atoms with Gasteiger partial charge in [0, 0.05) is 5.56 Å². The van der Waals surface area contributed by atoms with Gasteiger partial charge in [-0.25, -0.2) is 5.10 Å². The third-order valence-electron chi connectivity index (χ3n) is 3.38. The second-order valence-corrected chi connectivity index (χ2v) is 5.50. The first-order chi connectivity index (χ1) is 12.1. The molecule has 0 fully saturated rings. The fraction of sp³-hybridized carbons (Fsp3) is 0.118. The molecule has 8 heteroatoms. The van der Waals surface area contributed by atoms with E-state index in [0.717, 1.165) is 11.3 Å². The van der Waals surface area contributed by atoms with E-state index in [1.807, 2.05) is 31.2 Å². The molecule has 1 aromatic heterocycles. The second-order valence-electron chi connectivity index (χ2n) is 5.12. The summed E-state index contributed by atoms with van der Waals surface area (Å²) in [5, 5.41) is 30.2. The van der Waals surface area contributed by atoms with Crippen LogP contribution in [0.1, 0.15) is 12.5 Å². The number of phenols is 2. The highest BCUT2D eigenvalue weighted by Gasteiger charge is 2.09. The standard InChI is InChI=1S/C17H16N4O3S/c1-2-24-13-5-3-4-12(9-13)16-19-20-17(25)21(16)18-10-11-6-7-14(22)15(23)8-11/h3-10,22-23H,2H2,1H3,(H,20,25)/b18-10+. The minimum atomic E-state index is -0.218. The molecular formula is C17H16N4O3S. The van der Waals surface area contributed by atoms with Crippen molar-refractivity contribution in [2.45, 2.75) is 6.92 Å². The van der Waals surface area contributed by atoms with Gasteiger partial charge in [0.1, 0.15) is 5.75 Å². The highest BCUT2D eigenvalue weighted by Crippen LogP contribution is 2.25. The summed E-state index contributed by atoms with van der Waals surface area (Å²) in [6.45, 7) is 2.49. The van der Waals surface area contributed by atoms with Crippen LogP contribution in [-0.4, -0.2) is 37.9 Å². The summed E-state index contributed by atoms with van der Waals surface area (Å²) in [5.74, 6) is 0.855. The Bertz CT molecular complexity index is 978. The van der Waals surface area contributed by atoms with E-state index in [1.54, 1.807) is 6.07 Å². The molecule has 3 rings (SSSR count). The second kappa shape index (κ2) is 7.18. The molecule has 0 amide bonds. The Labute approximate surface area is 148 Å². The molecule has 3 aromatic rings. The van der Waals surface area contributed by atoms with E-state index in [4.69, 9.17) is 17.0 Å². The zero-order valence-electron chi connectivity index (χ0n) is 13.4. The molecule has 0 saturated heterocycles. The molecule has 0 aliphatic rings. The number of aromatic hydroxyl groups is 2. The van der Waals surface area contributed by atoms with Crippen molar-refractivity contribution >= 4 is 18.4 Å². The fourth-order valence-electron chi connectivity index (χ4n) is 2.22. The Balaban J connectivity index is 1.97. The van der Waals surface area contributed by atoms with Crippen LogP contribution in [0.15, 0.2) is 47.6 Å². The maximum atomic E-state index is 9.55. The van der Waals surface area contributed by atoms with Crippen LogP contribution in [0.4, 0.5) is 0 Å². The quantitative estimate of drug-likeness (QED) is 0.370. The van der Waals surface area contributed by atoms with Crippen molar-refractivity contribution in [3.8, 4) is 28.6 Å². The van der Waals surface area contributed by atoms with Crippen LogP contribution in [-0.2, 0) is 0 Å². The lowest BCUT2D eigenvalue weighted by Crippen LogP contribution is -1.96. The van der Waals surface area contributed by atoms with Gasteiger partial charge in [0.15, 0.2) is 17.3 Å². The average molecular weight is 356 g/mol. The summed E-state index contributed by atoms with van der Waals surface area (Å²) >= 11 is 5.23. The summed E-state index contributed by atoms with van der Waals surface area (Å²) in [6, 6.07) is 11.9. The molecule has 0 spiro atoms. The Hall–Kier alpha value is -3.13. The van der Waals surface area contributed by atoms with Gasteiger partial charge in [0.2, 0.25) is 4.77 Å². The topological polar surface area (TPSA) is 95.7 Å². The molecule has 1 heterocycles. The van der Waals surface area contributed by atoms with Crippen LogP contribution in [0.3, 0.4) is 0 Å². The molecule has 128 valence electrons. The SMILES string of the molecule is CCOc1cccc(-c2n[nH]c(=S)n2/N=C/c2ccc(O)c(O)c2)c1. The van der Waals surface area contributed by atoms with Gasteiger partial charge in [0.05, 0.1) is 12.8 Å². The largest absolute Gasteiger partial charge is 0.504 e. The summed E-state index contributed by atoms with van der Waals surface area (Å²) in [4.78, 5) is 0. The molecule has 0 radical (unpaired) electrons. The van der Waals surface area contributed by atoms with Crippen LogP contribution in [0, 0.1) is 4.77 Å². The van der Waals surface area contributed by atoms with Gasteiger partial charge in [0.25, 0.3) is 0 Å². The van der Waals surface area contributed by atoms with E-state index < -0.39 is 0 Å². The minimum absolute atomic E-state index is 0.189. The predicted molar refractivity (Wildman–Crippen MR) is 96.8 cm³/mol. The number of nitrogens with zero attached hydrogens (tertiary/aromatic N) is 3. The molecule has 3 N–H and O–H groups in total. The first kappa shape index (κ1) is 16.7. The Morgan fingerprint density at radius 1 is 1.24 bits per heavy atom. The third kappa shape index (κ3) is 3.69. The highest BCUT2D eigenvalue weighted by molar-refractivity contribution is 7.71. The lowest BCUT2D eigenvalue weighted by atomic mass is 10.2. The van der Waals surface area contributed by atoms with Crippen LogP contribution < -0.4 is 4.74 Å². The number of nitrogens with one attached hydrogen (secondary N) is 1. The molecule has 0 aliphatic carbocycles. The maximum Gasteiger partial charge on any atom is 0.216 e. The zero-order valence-corrected chi connectivity index (χ0v) is 14.2. The molecule has 25 heavy (non-hydrogen) atoms. The number of aromatic amines is 1.